The molecule has 0 spiro atoms. The molecule has 0 bridgehead atoms. The lowest BCUT2D eigenvalue weighted by Crippen LogP contribution is -2.42. The standard InChI is InChI=1S/C26H22ClF3N2O/c27-23-13-18(6-5-17-8-11-22(12-9-17)26(28,29)30)7-10-19(23)14-24(31)25(33)32-15-20-3-1-2-4-21(20)16-32/h1-13,24H,14-16,31H2. The van der Waals surface area contributed by atoms with Gasteiger partial charge in [-0.25, -0.2) is 0 Å². The minimum absolute atomic E-state index is 0.117. The fraction of sp³-hybridized carbons (Fsp3) is 0.192. The van der Waals surface area contributed by atoms with Crippen LogP contribution in [-0.2, 0) is 30.5 Å². The third-order valence-corrected chi connectivity index (χ3v) is 6.04. The maximum absolute atomic E-state index is 12.8. The van der Waals surface area contributed by atoms with E-state index in [4.69, 9.17) is 17.3 Å². The molecule has 1 amide bonds. The summed E-state index contributed by atoms with van der Waals surface area (Å²) >= 11 is 6.42. The van der Waals surface area contributed by atoms with Gasteiger partial charge in [-0.1, -0.05) is 72.3 Å². The first-order chi connectivity index (χ1) is 15.7. The summed E-state index contributed by atoms with van der Waals surface area (Å²) in [5.74, 6) is -0.117. The van der Waals surface area contributed by atoms with Crippen molar-refractivity contribution in [1.82, 2.24) is 4.90 Å². The number of halogens is 4. The summed E-state index contributed by atoms with van der Waals surface area (Å²) in [6, 6.07) is 17.6. The predicted octanol–water partition coefficient (Wildman–Crippen LogP) is 5.94. The van der Waals surface area contributed by atoms with Gasteiger partial charge in [0.2, 0.25) is 5.91 Å². The lowest BCUT2D eigenvalue weighted by molar-refractivity contribution is -0.137. The minimum atomic E-state index is -4.35. The van der Waals surface area contributed by atoms with Crippen LogP contribution >= 0.6 is 11.6 Å². The molecule has 33 heavy (non-hydrogen) atoms. The molecule has 3 nitrogen and oxygen atoms in total. The summed E-state index contributed by atoms with van der Waals surface area (Å²) in [6.07, 6.45) is -0.559. The number of hydrogen-bond acceptors (Lipinski definition) is 2. The van der Waals surface area contributed by atoms with Gasteiger partial charge in [-0.3, -0.25) is 4.79 Å². The van der Waals surface area contributed by atoms with Crippen LogP contribution in [0, 0.1) is 0 Å². The number of hydrogen-bond donors (Lipinski definition) is 1. The van der Waals surface area contributed by atoms with Gasteiger partial charge in [-0.15, -0.1) is 0 Å². The van der Waals surface area contributed by atoms with Gasteiger partial charge in [0.25, 0.3) is 0 Å². The zero-order valence-electron chi connectivity index (χ0n) is 17.6. The molecule has 1 atom stereocenters. The Morgan fingerprint density at radius 2 is 1.55 bits per heavy atom. The fourth-order valence-corrected chi connectivity index (χ4v) is 4.12. The molecule has 0 radical (unpaired) electrons. The lowest BCUT2D eigenvalue weighted by atomic mass is 10.0. The molecule has 1 unspecified atom stereocenters. The highest BCUT2D eigenvalue weighted by molar-refractivity contribution is 6.31. The van der Waals surface area contributed by atoms with Crippen LogP contribution in [0.5, 0.6) is 0 Å². The first kappa shape index (κ1) is 23.1. The Kier molecular flexibility index (Phi) is 6.58. The van der Waals surface area contributed by atoms with Crippen LogP contribution in [0.2, 0.25) is 5.02 Å². The monoisotopic (exact) mass is 470 g/mol. The van der Waals surface area contributed by atoms with E-state index in [1.807, 2.05) is 36.4 Å². The van der Waals surface area contributed by atoms with Gasteiger partial charge in [0.05, 0.1) is 11.6 Å². The Labute approximate surface area is 195 Å². The zero-order valence-corrected chi connectivity index (χ0v) is 18.4. The van der Waals surface area contributed by atoms with Crippen LogP contribution in [0.4, 0.5) is 13.2 Å². The van der Waals surface area contributed by atoms with Crippen LogP contribution in [0.25, 0.3) is 12.2 Å². The van der Waals surface area contributed by atoms with E-state index in [9.17, 15) is 18.0 Å². The summed E-state index contributed by atoms with van der Waals surface area (Å²) in [5, 5.41) is 0.484. The van der Waals surface area contributed by atoms with E-state index in [1.165, 1.54) is 12.1 Å². The van der Waals surface area contributed by atoms with Crippen molar-refractivity contribution in [3.63, 3.8) is 0 Å². The first-order valence-electron chi connectivity index (χ1n) is 10.5. The Morgan fingerprint density at radius 3 is 2.12 bits per heavy atom. The van der Waals surface area contributed by atoms with Crippen molar-refractivity contribution in [2.24, 2.45) is 5.73 Å². The van der Waals surface area contributed by atoms with E-state index in [0.717, 1.165) is 34.4 Å². The Bertz CT molecular complexity index is 1160. The molecule has 1 heterocycles. The molecule has 170 valence electrons. The number of amides is 1. The SMILES string of the molecule is NC(Cc1ccc(C=Cc2ccc(C(F)(F)F)cc2)cc1Cl)C(=O)N1Cc2ccccc2C1. The Hall–Kier alpha value is -3.09. The van der Waals surface area contributed by atoms with E-state index in [1.54, 1.807) is 23.1 Å². The van der Waals surface area contributed by atoms with Gasteiger partial charge in [-0.05, 0) is 52.4 Å². The Morgan fingerprint density at radius 1 is 0.970 bits per heavy atom. The number of fused-ring (bicyclic) bond motifs is 1. The van der Waals surface area contributed by atoms with Crippen molar-refractivity contribution in [3.05, 3.63) is 105 Å². The number of carbonyl (C=O) groups excluding carboxylic acids is 1. The third kappa shape index (κ3) is 5.46. The minimum Gasteiger partial charge on any atom is -0.333 e. The molecule has 0 aromatic heterocycles. The molecule has 0 saturated heterocycles. The van der Waals surface area contributed by atoms with E-state index >= 15 is 0 Å². The number of alkyl halides is 3. The van der Waals surface area contributed by atoms with E-state index in [-0.39, 0.29) is 5.91 Å². The maximum atomic E-state index is 12.8. The second-order valence-electron chi connectivity index (χ2n) is 8.08. The molecule has 4 rings (SSSR count). The van der Waals surface area contributed by atoms with Gasteiger partial charge in [0, 0.05) is 18.1 Å². The molecular formula is C26H22ClF3N2O. The molecule has 1 aliphatic heterocycles. The lowest BCUT2D eigenvalue weighted by Gasteiger charge is -2.20. The van der Waals surface area contributed by atoms with Crippen LogP contribution in [0.1, 0.15) is 33.4 Å². The Balaban J connectivity index is 1.38. The highest BCUT2D eigenvalue weighted by Crippen LogP contribution is 2.29. The summed E-state index contributed by atoms with van der Waals surface area (Å²) in [6.45, 7) is 1.12. The highest BCUT2D eigenvalue weighted by atomic mass is 35.5. The molecule has 0 saturated carbocycles. The third-order valence-electron chi connectivity index (χ3n) is 5.69. The van der Waals surface area contributed by atoms with Crippen LogP contribution in [0.15, 0.2) is 66.7 Å². The number of rotatable bonds is 5. The smallest absolute Gasteiger partial charge is 0.333 e. The van der Waals surface area contributed by atoms with Gasteiger partial charge < -0.3 is 10.6 Å². The zero-order chi connectivity index (χ0) is 23.6. The van der Waals surface area contributed by atoms with Crippen LogP contribution in [-0.4, -0.2) is 16.8 Å². The van der Waals surface area contributed by atoms with Crippen molar-refractivity contribution in [1.29, 1.82) is 0 Å². The quantitative estimate of drug-likeness (QED) is 0.469. The van der Waals surface area contributed by atoms with Gasteiger partial charge in [-0.2, -0.15) is 13.2 Å². The number of nitrogens with zero attached hydrogens (tertiary/aromatic N) is 1. The van der Waals surface area contributed by atoms with Gasteiger partial charge in [0.15, 0.2) is 0 Å². The molecule has 7 heteroatoms. The second-order valence-corrected chi connectivity index (χ2v) is 8.48. The molecule has 1 aliphatic rings. The topological polar surface area (TPSA) is 46.3 Å². The van der Waals surface area contributed by atoms with E-state index in [2.05, 4.69) is 0 Å². The molecule has 3 aromatic carbocycles. The van der Waals surface area contributed by atoms with Crippen molar-refractivity contribution in [2.75, 3.05) is 0 Å². The van der Waals surface area contributed by atoms with Crippen molar-refractivity contribution in [3.8, 4) is 0 Å². The van der Waals surface area contributed by atoms with Crippen LogP contribution < -0.4 is 5.73 Å². The van der Waals surface area contributed by atoms with Crippen molar-refractivity contribution >= 4 is 29.7 Å². The van der Waals surface area contributed by atoms with Crippen LogP contribution in [0.3, 0.4) is 0 Å². The maximum Gasteiger partial charge on any atom is 0.416 e. The number of nitrogens with two attached hydrogens (primary N) is 1. The number of benzene rings is 3. The first-order valence-corrected chi connectivity index (χ1v) is 10.8. The number of carbonyl (C=O) groups is 1. The van der Waals surface area contributed by atoms with E-state index < -0.39 is 17.8 Å². The van der Waals surface area contributed by atoms with Gasteiger partial charge >= 0.3 is 6.18 Å². The van der Waals surface area contributed by atoms with E-state index in [0.29, 0.717) is 30.1 Å². The highest BCUT2D eigenvalue weighted by Gasteiger charge is 2.30. The average molecular weight is 471 g/mol. The molecular weight excluding hydrogens is 449 g/mol. The molecule has 3 aromatic rings. The van der Waals surface area contributed by atoms with Crippen molar-refractivity contribution in [2.45, 2.75) is 31.7 Å². The largest absolute Gasteiger partial charge is 0.416 e. The normalized spacial score (nSPS) is 14.5. The predicted molar refractivity (Wildman–Crippen MR) is 124 cm³/mol. The summed E-state index contributed by atoms with van der Waals surface area (Å²) in [5.41, 5.74) is 9.99. The molecule has 0 aliphatic carbocycles. The second kappa shape index (κ2) is 9.41. The van der Waals surface area contributed by atoms with Gasteiger partial charge in [0.1, 0.15) is 0 Å². The average Bonchev–Trinajstić information content (AvgIpc) is 3.22. The fourth-order valence-electron chi connectivity index (χ4n) is 3.86. The summed E-state index contributed by atoms with van der Waals surface area (Å²) in [7, 11) is 0. The summed E-state index contributed by atoms with van der Waals surface area (Å²) in [4.78, 5) is 14.6. The summed E-state index contributed by atoms with van der Waals surface area (Å²) < 4.78 is 38.0. The molecule has 0 fully saturated rings. The molecule has 2 N–H and O–H groups in total. The van der Waals surface area contributed by atoms with Crippen molar-refractivity contribution < 1.29 is 18.0 Å².